The first-order chi connectivity index (χ1) is 8.77. The maximum absolute atomic E-state index is 11.9. The molecule has 3 N–H and O–H groups in total. The highest BCUT2D eigenvalue weighted by atomic mass is 16.1. The van der Waals surface area contributed by atoms with E-state index >= 15 is 0 Å². The highest BCUT2D eigenvalue weighted by Gasteiger charge is 2.24. The van der Waals surface area contributed by atoms with Crippen LogP contribution in [0.2, 0.25) is 0 Å². The van der Waals surface area contributed by atoms with Crippen molar-refractivity contribution in [3.05, 3.63) is 0 Å². The van der Waals surface area contributed by atoms with Crippen molar-refractivity contribution in [2.45, 2.75) is 77.2 Å². The van der Waals surface area contributed by atoms with E-state index in [1.807, 2.05) is 0 Å². The molecule has 3 heteroatoms. The zero-order chi connectivity index (χ0) is 13.2. The van der Waals surface area contributed by atoms with E-state index in [4.69, 9.17) is 5.73 Å². The summed E-state index contributed by atoms with van der Waals surface area (Å²) in [5.41, 5.74) is 5.77. The lowest BCUT2D eigenvalue weighted by Gasteiger charge is -2.31. The van der Waals surface area contributed by atoms with Gasteiger partial charge in [0.2, 0.25) is 5.91 Å². The lowest BCUT2D eigenvalue weighted by molar-refractivity contribution is -0.122. The van der Waals surface area contributed by atoms with Gasteiger partial charge in [-0.25, -0.2) is 0 Å². The molecule has 3 nitrogen and oxygen atoms in total. The van der Waals surface area contributed by atoms with Crippen LogP contribution in [-0.2, 0) is 4.79 Å². The number of hydrogen-bond donors (Lipinski definition) is 2. The van der Waals surface area contributed by atoms with Gasteiger partial charge < -0.3 is 11.1 Å². The highest BCUT2D eigenvalue weighted by molar-refractivity contribution is 5.76. The van der Waals surface area contributed by atoms with Crippen LogP contribution in [0.4, 0.5) is 0 Å². The number of unbranched alkanes of at least 4 members (excludes halogenated alkanes) is 4. The van der Waals surface area contributed by atoms with E-state index in [0.29, 0.717) is 24.9 Å². The second-order valence-electron chi connectivity index (χ2n) is 5.62. The second-order valence-corrected chi connectivity index (χ2v) is 5.62. The zero-order valence-electron chi connectivity index (χ0n) is 11.9. The average molecular weight is 254 g/mol. The van der Waals surface area contributed by atoms with Gasteiger partial charge in [-0.15, -0.1) is 0 Å². The monoisotopic (exact) mass is 254 g/mol. The topological polar surface area (TPSA) is 55.1 Å². The molecule has 1 aliphatic carbocycles. The SMILES string of the molecule is CCCCCCCC(=O)NC1CCCCC1CN. The molecule has 0 aliphatic heterocycles. The summed E-state index contributed by atoms with van der Waals surface area (Å²) in [6, 6.07) is 0.340. The first-order valence-electron chi connectivity index (χ1n) is 7.77. The molecule has 0 aromatic rings. The second kappa shape index (κ2) is 9.37. The largest absolute Gasteiger partial charge is 0.353 e. The Morgan fingerprint density at radius 2 is 1.89 bits per heavy atom. The van der Waals surface area contributed by atoms with E-state index in [1.165, 1.54) is 44.9 Å². The number of hydrogen-bond acceptors (Lipinski definition) is 2. The van der Waals surface area contributed by atoms with Crippen molar-refractivity contribution >= 4 is 5.91 Å². The fraction of sp³-hybridized carbons (Fsp3) is 0.933. The summed E-state index contributed by atoms with van der Waals surface area (Å²) < 4.78 is 0. The molecule has 106 valence electrons. The van der Waals surface area contributed by atoms with Crippen LogP contribution in [0.1, 0.15) is 71.1 Å². The van der Waals surface area contributed by atoms with Crippen LogP contribution in [0.15, 0.2) is 0 Å². The number of carbonyl (C=O) groups excluding carboxylic acids is 1. The normalized spacial score (nSPS) is 23.9. The van der Waals surface area contributed by atoms with Crippen LogP contribution < -0.4 is 11.1 Å². The maximum Gasteiger partial charge on any atom is 0.220 e. The van der Waals surface area contributed by atoms with Crippen molar-refractivity contribution in [3.8, 4) is 0 Å². The lowest BCUT2D eigenvalue weighted by atomic mass is 9.84. The maximum atomic E-state index is 11.9. The Labute approximate surface area is 112 Å². The molecule has 0 aromatic carbocycles. The molecule has 1 aliphatic rings. The summed E-state index contributed by atoms with van der Waals surface area (Å²) in [5, 5.41) is 3.19. The van der Waals surface area contributed by atoms with E-state index in [0.717, 1.165) is 12.8 Å². The van der Waals surface area contributed by atoms with Gasteiger partial charge in [-0.05, 0) is 31.7 Å². The molecule has 2 atom stereocenters. The van der Waals surface area contributed by atoms with Gasteiger partial charge in [0.1, 0.15) is 0 Å². The minimum atomic E-state index is 0.233. The van der Waals surface area contributed by atoms with Crippen LogP contribution in [-0.4, -0.2) is 18.5 Å². The molecule has 0 aromatic heterocycles. The summed E-state index contributed by atoms with van der Waals surface area (Å²) in [5.74, 6) is 0.736. The minimum absolute atomic E-state index is 0.233. The van der Waals surface area contributed by atoms with E-state index in [9.17, 15) is 4.79 Å². The summed E-state index contributed by atoms with van der Waals surface area (Å²) in [6.45, 7) is 2.92. The lowest BCUT2D eigenvalue weighted by Crippen LogP contribution is -2.44. The van der Waals surface area contributed by atoms with Crippen LogP contribution in [0, 0.1) is 5.92 Å². The van der Waals surface area contributed by atoms with Crippen molar-refractivity contribution in [2.75, 3.05) is 6.54 Å². The van der Waals surface area contributed by atoms with Gasteiger partial charge in [0.25, 0.3) is 0 Å². The van der Waals surface area contributed by atoms with Gasteiger partial charge in [-0.2, -0.15) is 0 Å². The molecule has 18 heavy (non-hydrogen) atoms. The first-order valence-corrected chi connectivity index (χ1v) is 7.77. The summed E-state index contributed by atoms with van der Waals surface area (Å²) >= 11 is 0. The summed E-state index contributed by atoms with van der Waals surface area (Å²) in [6.07, 6.45) is 11.5. The predicted octanol–water partition coefficient (Wildman–Crippen LogP) is 2.98. The fourth-order valence-corrected chi connectivity index (χ4v) is 2.85. The molecular weight excluding hydrogens is 224 g/mol. The molecule has 1 rings (SSSR count). The van der Waals surface area contributed by atoms with E-state index < -0.39 is 0 Å². The third-order valence-corrected chi connectivity index (χ3v) is 4.07. The Hall–Kier alpha value is -0.570. The van der Waals surface area contributed by atoms with Crippen LogP contribution in [0.5, 0.6) is 0 Å². The molecule has 0 radical (unpaired) electrons. The van der Waals surface area contributed by atoms with E-state index in [2.05, 4.69) is 12.2 Å². The Bertz CT molecular complexity index is 231. The van der Waals surface area contributed by atoms with Gasteiger partial charge >= 0.3 is 0 Å². The van der Waals surface area contributed by atoms with Gasteiger partial charge in [0.05, 0.1) is 0 Å². The third kappa shape index (κ3) is 5.85. The molecule has 1 fully saturated rings. The number of nitrogens with two attached hydrogens (primary N) is 1. The quantitative estimate of drug-likeness (QED) is 0.654. The first kappa shape index (κ1) is 15.5. The van der Waals surface area contributed by atoms with Crippen LogP contribution in [0.25, 0.3) is 0 Å². The number of rotatable bonds is 8. The molecule has 1 amide bonds. The van der Waals surface area contributed by atoms with Crippen molar-refractivity contribution in [1.29, 1.82) is 0 Å². The molecule has 0 heterocycles. The van der Waals surface area contributed by atoms with E-state index in [1.54, 1.807) is 0 Å². The molecule has 2 unspecified atom stereocenters. The molecule has 1 saturated carbocycles. The molecular formula is C15H30N2O. The summed E-state index contributed by atoms with van der Waals surface area (Å²) in [4.78, 5) is 11.9. The Morgan fingerprint density at radius 1 is 1.17 bits per heavy atom. The summed E-state index contributed by atoms with van der Waals surface area (Å²) in [7, 11) is 0. The van der Waals surface area contributed by atoms with Crippen LogP contribution >= 0.6 is 0 Å². The van der Waals surface area contributed by atoms with Crippen molar-refractivity contribution in [2.24, 2.45) is 11.7 Å². The predicted molar refractivity (Wildman–Crippen MR) is 76.3 cm³/mol. The van der Waals surface area contributed by atoms with E-state index in [-0.39, 0.29) is 5.91 Å². The molecule has 0 saturated heterocycles. The third-order valence-electron chi connectivity index (χ3n) is 4.07. The fourth-order valence-electron chi connectivity index (χ4n) is 2.85. The Kier molecular flexibility index (Phi) is 8.06. The smallest absolute Gasteiger partial charge is 0.220 e. The Balaban J connectivity index is 2.14. The number of carbonyl (C=O) groups is 1. The Morgan fingerprint density at radius 3 is 2.61 bits per heavy atom. The average Bonchev–Trinajstić information content (AvgIpc) is 2.39. The van der Waals surface area contributed by atoms with Gasteiger partial charge in [-0.1, -0.05) is 45.4 Å². The number of nitrogens with one attached hydrogen (secondary N) is 1. The van der Waals surface area contributed by atoms with Crippen LogP contribution in [0.3, 0.4) is 0 Å². The minimum Gasteiger partial charge on any atom is -0.353 e. The van der Waals surface area contributed by atoms with Gasteiger partial charge in [-0.3, -0.25) is 4.79 Å². The molecule has 0 bridgehead atoms. The zero-order valence-corrected chi connectivity index (χ0v) is 11.9. The number of amides is 1. The standard InChI is InChI=1S/C15H30N2O/c1-2-3-4-5-6-11-15(18)17-14-10-8-7-9-13(14)12-16/h13-14H,2-12,16H2,1H3,(H,17,18). The van der Waals surface area contributed by atoms with Gasteiger partial charge in [0, 0.05) is 12.5 Å². The molecule has 0 spiro atoms. The van der Waals surface area contributed by atoms with Crippen molar-refractivity contribution in [1.82, 2.24) is 5.32 Å². The van der Waals surface area contributed by atoms with Crippen molar-refractivity contribution < 1.29 is 4.79 Å². The van der Waals surface area contributed by atoms with Crippen molar-refractivity contribution in [3.63, 3.8) is 0 Å². The van der Waals surface area contributed by atoms with Gasteiger partial charge in [0.15, 0.2) is 0 Å². The highest BCUT2D eigenvalue weighted by Crippen LogP contribution is 2.23.